The summed E-state index contributed by atoms with van der Waals surface area (Å²) in [6, 6.07) is -0.877. The van der Waals surface area contributed by atoms with Gasteiger partial charge in [-0.2, -0.15) is 0 Å². The molecule has 1 amide bonds. The largest absolute Gasteiger partial charge is 0.480 e. The highest BCUT2D eigenvalue weighted by Crippen LogP contribution is 2.14. The first-order valence-corrected chi connectivity index (χ1v) is 3.85. The first-order valence-electron chi connectivity index (χ1n) is 3.85. The van der Waals surface area contributed by atoms with Crippen LogP contribution in [0.3, 0.4) is 0 Å². The third-order valence-corrected chi connectivity index (χ3v) is 1.74. The fourth-order valence-electron chi connectivity index (χ4n) is 1.19. The molecule has 0 aromatic rings. The monoisotopic (exact) mass is 173 g/mol. The van der Waals surface area contributed by atoms with Crippen molar-refractivity contribution in [3.8, 4) is 0 Å². The van der Waals surface area contributed by atoms with Crippen molar-refractivity contribution < 1.29 is 19.4 Å². The summed E-state index contributed by atoms with van der Waals surface area (Å²) in [7, 11) is 0. The lowest BCUT2D eigenvalue weighted by Gasteiger charge is -2.10. The zero-order valence-corrected chi connectivity index (χ0v) is 6.74. The number of hydrogen-bond acceptors (Lipinski definition) is 3. The van der Waals surface area contributed by atoms with Crippen LogP contribution in [-0.2, 0) is 9.53 Å². The van der Waals surface area contributed by atoms with Gasteiger partial charge in [-0.15, -0.1) is 0 Å². The maximum absolute atomic E-state index is 10.6. The number of hydrogen-bond donors (Lipinski definition) is 2. The van der Waals surface area contributed by atoms with Crippen LogP contribution in [-0.4, -0.2) is 29.3 Å². The summed E-state index contributed by atoms with van der Waals surface area (Å²) in [6.07, 6.45) is 0.222. The fraction of sp³-hybridized carbons (Fsp3) is 0.714. The molecule has 1 saturated heterocycles. The van der Waals surface area contributed by atoms with Gasteiger partial charge in [0.2, 0.25) is 0 Å². The number of cyclic esters (lactones) is 1. The smallest absolute Gasteiger partial charge is 0.408 e. The van der Waals surface area contributed by atoms with Crippen LogP contribution in [0.4, 0.5) is 4.79 Å². The Bertz CT molecular complexity index is 204. The van der Waals surface area contributed by atoms with Gasteiger partial charge >= 0.3 is 12.1 Å². The van der Waals surface area contributed by atoms with Crippen LogP contribution in [0.5, 0.6) is 0 Å². The van der Waals surface area contributed by atoms with Crippen LogP contribution in [0, 0.1) is 0 Å². The van der Waals surface area contributed by atoms with E-state index in [0.717, 1.165) is 6.42 Å². The van der Waals surface area contributed by atoms with Crippen LogP contribution >= 0.6 is 0 Å². The summed E-state index contributed by atoms with van der Waals surface area (Å²) in [5.74, 6) is -1.04. The van der Waals surface area contributed by atoms with Gasteiger partial charge in [-0.25, -0.2) is 9.59 Å². The Balaban J connectivity index is 2.59. The summed E-state index contributed by atoms with van der Waals surface area (Å²) in [4.78, 5) is 21.2. The fourth-order valence-corrected chi connectivity index (χ4v) is 1.19. The second-order valence-electron chi connectivity index (χ2n) is 2.69. The van der Waals surface area contributed by atoms with Gasteiger partial charge in [0.15, 0.2) is 6.04 Å². The number of carbonyl (C=O) groups excluding carboxylic acids is 1. The second-order valence-corrected chi connectivity index (χ2v) is 2.69. The third kappa shape index (κ3) is 1.66. The summed E-state index contributed by atoms with van der Waals surface area (Å²) in [6.45, 7) is 1.91. The second kappa shape index (κ2) is 3.42. The molecule has 2 N–H and O–H groups in total. The van der Waals surface area contributed by atoms with Crippen molar-refractivity contribution in [2.45, 2.75) is 31.9 Å². The minimum absolute atomic E-state index is 0.514. The molecule has 2 unspecified atom stereocenters. The SMILES string of the molecule is CCCC1OC(=O)NC1C(=O)O. The molecular weight excluding hydrogens is 162 g/mol. The van der Waals surface area contributed by atoms with Crippen molar-refractivity contribution in [1.82, 2.24) is 5.32 Å². The molecule has 0 aromatic carbocycles. The number of aliphatic carboxylic acids is 1. The van der Waals surface area contributed by atoms with Crippen LogP contribution in [0.25, 0.3) is 0 Å². The van der Waals surface area contributed by atoms with E-state index >= 15 is 0 Å². The lowest BCUT2D eigenvalue weighted by molar-refractivity contribution is -0.140. The van der Waals surface area contributed by atoms with Crippen LogP contribution < -0.4 is 5.32 Å². The predicted molar refractivity (Wildman–Crippen MR) is 39.7 cm³/mol. The molecular formula is C7H11NO4. The number of carboxylic acids is 1. The van der Waals surface area contributed by atoms with E-state index in [4.69, 9.17) is 9.84 Å². The predicted octanol–water partition coefficient (Wildman–Crippen LogP) is 0.348. The van der Waals surface area contributed by atoms with E-state index < -0.39 is 24.2 Å². The van der Waals surface area contributed by atoms with Crippen molar-refractivity contribution in [3.05, 3.63) is 0 Å². The molecule has 5 heteroatoms. The van der Waals surface area contributed by atoms with Gasteiger partial charge in [-0.1, -0.05) is 13.3 Å². The molecule has 1 heterocycles. The lowest BCUT2D eigenvalue weighted by Crippen LogP contribution is -2.39. The Kier molecular flexibility index (Phi) is 2.52. The number of carbonyl (C=O) groups is 2. The van der Waals surface area contributed by atoms with Crippen molar-refractivity contribution in [3.63, 3.8) is 0 Å². The number of rotatable bonds is 3. The average molecular weight is 173 g/mol. The Morgan fingerprint density at radius 2 is 2.42 bits per heavy atom. The molecule has 0 bridgehead atoms. The summed E-state index contributed by atoms with van der Waals surface area (Å²) in [5.41, 5.74) is 0. The minimum atomic E-state index is -1.04. The zero-order valence-electron chi connectivity index (χ0n) is 6.74. The maximum Gasteiger partial charge on any atom is 0.408 e. The normalized spacial score (nSPS) is 27.9. The molecule has 0 spiro atoms. The van der Waals surface area contributed by atoms with Gasteiger partial charge in [0.05, 0.1) is 0 Å². The van der Waals surface area contributed by atoms with Gasteiger partial charge < -0.3 is 15.2 Å². The zero-order chi connectivity index (χ0) is 9.14. The molecule has 0 radical (unpaired) electrons. The van der Waals surface area contributed by atoms with Crippen molar-refractivity contribution in [1.29, 1.82) is 0 Å². The van der Waals surface area contributed by atoms with Crippen molar-refractivity contribution >= 4 is 12.1 Å². The molecule has 0 aliphatic carbocycles. The van der Waals surface area contributed by atoms with Gasteiger partial charge in [0.1, 0.15) is 6.10 Å². The van der Waals surface area contributed by atoms with Crippen LogP contribution in [0.2, 0.25) is 0 Å². The molecule has 12 heavy (non-hydrogen) atoms. The Morgan fingerprint density at radius 3 is 2.92 bits per heavy atom. The van der Waals surface area contributed by atoms with E-state index in [0.29, 0.717) is 6.42 Å². The molecule has 1 aliphatic heterocycles. The Hall–Kier alpha value is -1.26. The van der Waals surface area contributed by atoms with E-state index in [1.54, 1.807) is 0 Å². The Labute approximate surface area is 69.7 Å². The molecule has 5 nitrogen and oxygen atoms in total. The highest BCUT2D eigenvalue weighted by molar-refractivity contribution is 5.83. The summed E-state index contributed by atoms with van der Waals surface area (Å²) in [5, 5.41) is 10.9. The number of alkyl carbamates (subject to hydrolysis) is 1. The molecule has 68 valence electrons. The third-order valence-electron chi connectivity index (χ3n) is 1.74. The minimum Gasteiger partial charge on any atom is -0.480 e. The maximum atomic E-state index is 10.6. The summed E-state index contributed by atoms with van der Waals surface area (Å²) >= 11 is 0. The molecule has 1 aliphatic rings. The van der Waals surface area contributed by atoms with Gasteiger partial charge in [-0.05, 0) is 6.42 Å². The first-order chi connectivity index (χ1) is 5.65. The molecule has 1 rings (SSSR count). The average Bonchev–Trinajstić information content (AvgIpc) is 2.32. The summed E-state index contributed by atoms with van der Waals surface area (Å²) < 4.78 is 4.74. The number of ether oxygens (including phenoxy) is 1. The van der Waals surface area contributed by atoms with Gasteiger partial charge in [0, 0.05) is 0 Å². The number of nitrogens with one attached hydrogen (secondary N) is 1. The van der Waals surface area contributed by atoms with E-state index in [1.165, 1.54) is 0 Å². The van der Waals surface area contributed by atoms with Crippen molar-refractivity contribution in [2.75, 3.05) is 0 Å². The topological polar surface area (TPSA) is 75.6 Å². The van der Waals surface area contributed by atoms with Gasteiger partial charge in [0.25, 0.3) is 0 Å². The van der Waals surface area contributed by atoms with Crippen molar-refractivity contribution in [2.24, 2.45) is 0 Å². The van der Waals surface area contributed by atoms with E-state index in [1.807, 2.05) is 6.92 Å². The van der Waals surface area contributed by atoms with E-state index in [2.05, 4.69) is 5.32 Å². The molecule has 0 aromatic heterocycles. The number of amides is 1. The highest BCUT2D eigenvalue weighted by Gasteiger charge is 2.38. The highest BCUT2D eigenvalue weighted by atomic mass is 16.6. The van der Waals surface area contributed by atoms with E-state index in [9.17, 15) is 9.59 Å². The quantitative estimate of drug-likeness (QED) is 0.645. The van der Waals surface area contributed by atoms with E-state index in [-0.39, 0.29) is 0 Å². The Morgan fingerprint density at radius 1 is 1.75 bits per heavy atom. The van der Waals surface area contributed by atoms with Crippen LogP contribution in [0.1, 0.15) is 19.8 Å². The van der Waals surface area contributed by atoms with Crippen LogP contribution in [0.15, 0.2) is 0 Å². The standard InChI is InChI=1S/C7H11NO4/c1-2-3-4-5(6(9)10)8-7(11)12-4/h4-5H,2-3H2,1H3,(H,8,11)(H,9,10). The molecule has 0 saturated carbocycles. The molecule has 2 atom stereocenters. The number of carboxylic acid groups (broad SMARTS) is 1. The molecule has 1 fully saturated rings. The lowest BCUT2D eigenvalue weighted by atomic mass is 10.1. The van der Waals surface area contributed by atoms with Gasteiger partial charge in [-0.3, -0.25) is 0 Å². The first kappa shape index (κ1) is 8.83.